The van der Waals surface area contributed by atoms with E-state index in [9.17, 15) is 25.0 Å². The van der Waals surface area contributed by atoms with Crippen LogP contribution < -0.4 is 5.32 Å². The van der Waals surface area contributed by atoms with Crippen molar-refractivity contribution in [2.45, 2.75) is 0 Å². The lowest BCUT2D eigenvalue weighted by Gasteiger charge is -2.04. The summed E-state index contributed by atoms with van der Waals surface area (Å²) >= 11 is 0. The molecule has 0 aliphatic rings. The number of nitrogens with one attached hydrogen (secondary N) is 1. The highest BCUT2D eigenvalue weighted by Gasteiger charge is 2.16. The van der Waals surface area contributed by atoms with Crippen LogP contribution in [0.1, 0.15) is 5.56 Å². The molecule has 25 heavy (non-hydrogen) atoms. The largest absolute Gasteiger partial charge is 0.321 e. The van der Waals surface area contributed by atoms with Crippen molar-refractivity contribution in [3.05, 3.63) is 79.9 Å². The zero-order valence-corrected chi connectivity index (χ0v) is 12.6. The number of rotatable bonds is 5. The molecular formula is C16H10N4O5. The van der Waals surface area contributed by atoms with E-state index in [0.29, 0.717) is 0 Å². The van der Waals surface area contributed by atoms with E-state index in [1.165, 1.54) is 42.5 Å². The molecule has 0 unspecified atom stereocenters. The molecule has 124 valence electrons. The van der Waals surface area contributed by atoms with E-state index in [1.54, 1.807) is 6.07 Å². The van der Waals surface area contributed by atoms with Crippen molar-refractivity contribution in [1.29, 1.82) is 5.26 Å². The first-order valence-corrected chi connectivity index (χ1v) is 6.83. The maximum atomic E-state index is 12.2. The van der Waals surface area contributed by atoms with Gasteiger partial charge in [0.2, 0.25) is 0 Å². The molecule has 0 spiro atoms. The van der Waals surface area contributed by atoms with Crippen LogP contribution in [0.15, 0.2) is 54.1 Å². The second-order valence-electron chi connectivity index (χ2n) is 4.75. The first kappa shape index (κ1) is 17.3. The SMILES string of the molecule is N#C/C(=C\c1ccccc1[N+](=O)[O-])C(=O)Nc1cccc([N+](=O)[O-])c1. The Morgan fingerprint density at radius 1 is 1.08 bits per heavy atom. The van der Waals surface area contributed by atoms with Gasteiger partial charge in [-0.1, -0.05) is 18.2 Å². The molecule has 0 saturated heterocycles. The summed E-state index contributed by atoms with van der Waals surface area (Å²) in [6.45, 7) is 0. The summed E-state index contributed by atoms with van der Waals surface area (Å²) in [4.78, 5) is 32.6. The van der Waals surface area contributed by atoms with Crippen molar-refractivity contribution in [1.82, 2.24) is 0 Å². The van der Waals surface area contributed by atoms with Crippen LogP contribution in [0.5, 0.6) is 0 Å². The summed E-state index contributed by atoms with van der Waals surface area (Å²) in [7, 11) is 0. The van der Waals surface area contributed by atoms with E-state index in [2.05, 4.69) is 5.32 Å². The minimum absolute atomic E-state index is 0.0956. The van der Waals surface area contributed by atoms with Crippen molar-refractivity contribution < 1.29 is 14.6 Å². The Morgan fingerprint density at radius 3 is 2.44 bits per heavy atom. The molecule has 1 N–H and O–H groups in total. The van der Waals surface area contributed by atoms with Gasteiger partial charge in [0, 0.05) is 23.9 Å². The minimum Gasteiger partial charge on any atom is -0.321 e. The summed E-state index contributed by atoms with van der Waals surface area (Å²) in [5.74, 6) is -0.832. The zero-order valence-electron chi connectivity index (χ0n) is 12.6. The first-order chi connectivity index (χ1) is 11.9. The third-order valence-corrected chi connectivity index (χ3v) is 3.11. The third kappa shape index (κ3) is 4.23. The molecule has 9 nitrogen and oxygen atoms in total. The van der Waals surface area contributed by atoms with E-state index in [4.69, 9.17) is 5.26 Å². The quantitative estimate of drug-likeness (QED) is 0.384. The Balaban J connectivity index is 2.31. The molecule has 0 bridgehead atoms. The number of anilines is 1. The lowest BCUT2D eigenvalue weighted by atomic mass is 10.1. The minimum atomic E-state index is -0.832. The molecule has 0 atom stereocenters. The van der Waals surface area contributed by atoms with Gasteiger partial charge >= 0.3 is 0 Å². The Labute approximate surface area is 141 Å². The molecule has 0 aliphatic carbocycles. The number of non-ortho nitro benzene ring substituents is 1. The predicted molar refractivity (Wildman–Crippen MR) is 88.4 cm³/mol. The van der Waals surface area contributed by atoms with E-state index >= 15 is 0 Å². The standard InChI is InChI=1S/C16H10N4O5/c17-10-12(8-11-4-1-2-7-15(11)20(24)25)16(21)18-13-5-3-6-14(9-13)19(22)23/h1-9H,(H,18,21)/b12-8+. The molecule has 0 saturated carbocycles. The second kappa shape index (κ2) is 7.47. The topological polar surface area (TPSA) is 139 Å². The average Bonchev–Trinajstić information content (AvgIpc) is 2.59. The monoisotopic (exact) mass is 338 g/mol. The van der Waals surface area contributed by atoms with E-state index in [0.717, 1.165) is 12.1 Å². The molecule has 0 fully saturated rings. The highest BCUT2D eigenvalue weighted by molar-refractivity contribution is 6.10. The number of carbonyl (C=O) groups is 1. The number of nitro groups is 2. The average molecular weight is 338 g/mol. The van der Waals surface area contributed by atoms with Crippen LogP contribution >= 0.6 is 0 Å². The van der Waals surface area contributed by atoms with Gasteiger partial charge in [-0.05, 0) is 18.2 Å². The number of carbonyl (C=O) groups excluding carboxylic acids is 1. The van der Waals surface area contributed by atoms with Crippen molar-refractivity contribution in [3.63, 3.8) is 0 Å². The molecular weight excluding hydrogens is 328 g/mol. The normalized spacial score (nSPS) is 10.6. The number of nitriles is 1. The molecule has 0 aromatic heterocycles. The van der Waals surface area contributed by atoms with Crippen molar-refractivity contribution in [2.24, 2.45) is 0 Å². The fraction of sp³-hybridized carbons (Fsp3) is 0. The van der Waals surface area contributed by atoms with Crippen LogP contribution in [0, 0.1) is 31.6 Å². The van der Waals surface area contributed by atoms with Crippen LogP contribution in [-0.2, 0) is 4.79 Å². The van der Waals surface area contributed by atoms with Gasteiger partial charge in [-0.3, -0.25) is 25.0 Å². The highest BCUT2D eigenvalue weighted by Crippen LogP contribution is 2.22. The molecule has 1 amide bonds. The molecule has 9 heteroatoms. The van der Waals surface area contributed by atoms with Gasteiger partial charge in [-0.15, -0.1) is 0 Å². The molecule has 2 aromatic carbocycles. The summed E-state index contributed by atoms with van der Waals surface area (Å²) in [6, 6.07) is 12.5. The van der Waals surface area contributed by atoms with Gasteiger partial charge in [0.25, 0.3) is 17.3 Å². The highest BCUT2D eigenvalue weighted by atomic mass is 16.6. The van der Waals surface area contributed by atoms with E-state index in [-0.39, 0.29) is 28.2 Å². The Hall–Kier alpha value is -4.06. The van der Waals surface area contributed by atoms with Crippen molar-refractivity contribution >= 4 is 29.0 Å². The van der Waals surface area contributed by atoms with Gasteiger partial charge in [0.1, 0.15) is 11.6 Å². The smallest absolute Gasteiger partial charge is 0.276 e. The predicted octanol–water partition coefficient (Wildman–Crippen LogP) is 3.05. The maximum absolute atomic E-state index is 12.2. The van der Waals surface area contributed by atoms with E-state index in [1.807, 2.05) is 0 Å². The second-order valence-corrected chi connectivity index (χ2v) is 4.75. The zero-order chi connectivity index (χ0) is 18.4. The number of para-hydroxylation sites is 1. The van der Waals surface area contributed by atoms with Gasteiger partial charge in [0.15, 0.2) is 0 Å². The lowest BCUT2D eigenvalue weighted by molar-refractivity contribution is -0.385. The molecule has 2 aromatic rings. The summed E-state index contributed by atoms with van der Waals surface area (Å²) in [6.07, 6.45) is 1.09. The number of hydrogen-bond acceptors (Lipinski definition) is 6. The van der Waals surface area contributed by atoms with Crippen molar-refractivity contribution in [2.75, 3.05) is 5.32 Å². The Bertz CT molecular complexity index is 930. The number of amides is 1. The van der Waals surface area contributed by atoms with Crippen LogP contribution in [0.25, 0.3) is 6.08 Å². The van der Waals surface area contributed by atoms with Gasteiger partial charge in [0.05, 0.1) is 15.4 Å². The maximum Gasteiger partial charge on any atom is 0.276 e. The van der Waals surface area contributed by atoms with Crippen LogP contribution in [0.3, 0.4) is 0 Å². The fourth-order valence-electron chi connectivity index (χ4n) is 1.98. The molecule has 0 heterocycles. The fourth-order valence-corrected chi connectivity index (χ4v) is 1.98. The van der Waals surface area contributed by atoms with Crippen LogP contribution in [0.2, 0.25) is 0 Å². The Kier molecular flexibility index (Phi) is 5.17. The van der Waals surface area contributed by atoms with E-state index < -0.39 is 15.8 Å². The van der Waals surface area contributed by atoms with Gasteiger partial charge < -0.3 is 5.32 Å². The number of nitrogens with zero attached hydrogens (tertiary/aromatic N) is 3. The van der Waals surface area contributed by atoms with Gasteiger partial charge in [-0.25, -0.2) is 0 Å². The Morgan fingerprint density at radius 2 is 1.80 bits per heavy atom. The van der Waals surface area contributed by atoms with Crippen LogP contribution in [0.4, 0.5) is 17.1 Å². The molecule has 2 rings (SSSR count). The number of benzene rings is 2. The number of nitro benzene ring substituents is 2. The third-order valence-electron chi connectivity index (χ3n) is 3.11. The van der Waals surface area contributed by atoms with Crippen molar-refractivity contribution in [3.8, 4) is 6.07 Å². The van der Waals surface area contributed by atoms with Crippen LogP contribution in [-0.4, -0.2) is 15.8 Å². The first-order valence-electron chi connectivity index (χ1n) is 6.83. The summed E-state index contributed by atoms with van der Waals surface area (Å²) in [5, 5.41) is 33.2. The molecule has 0 radical (unpaired) electrons. The summed E-state index contributed by atoms with van der Waals surface area (Å²) in [5.41, 5.74) is -0.626. The molecule has 0 aliphatic heterocycles. The van der Waals surface area contributed by atoms with Gasteiger partial charge in [-0.2, -0.15) is 5.26 Å². The summed E-state index contributed by atoms with van der Waals surface area (Å²) < 4.78 is 0. The lowest BCUT2D eigenvalue weighted by Crippen LogP contribution is -2.13. The number of hydrogen-bond donors (Lipinski definition) is 1.